The van der Waals surface area contributed by atoms with Crippen LogP contribution in [0.2, 0.25) is 5.02 Å². The predicted molar refractivity (Wildman–Crippen MR) is 56.3 cm³/mol. The number of hydrogen-bond donors (Lipinski definition) is 2. The van der Waals surface area contributed by atoms with E-state index in [1.807, 2.05) is 6.07 Å². The smallest absolute Gasteiger partial charge is 0.224 e. The first kappa shape index (κ1) is 9.49. The number of hydrogen-bond acceptors (Lipinski definition) is 2. The van der Waals surface area contributed by atoms with Crippen LogP contribution < -0.4 is 11.1 Å². The van der Waals surface area contributed by atoms with Crippen molar-refractivity contribution in [3.05, 3.63) is 28.3 Å². The molecule has 1 aromatic rings. The van der Waals surface area contributed by atoms with Gasteiger partial charge >= 0.3 is 0 Å². The molecule has 0 atom stereocenters. The molecule has 1 aliphatic rings. The van der Waals surface area contributed by atoms with Crippen LogP contribution in [0.15, 0.2) is 12.1 Å². The van der Waals surface area contributed by atoms with Crippen molar-refractivity contribution < 1.29 is 4.79 Å². The molecule has 0 fully saturated rings. The molecule has 1 heterocycles. The molecule has 0 aliphatic carbocycles. The van der Waals surface area contributed by atoms with Gasteiger partial charge in [-0.15, -0.1) is 0 Å². The minimum atomic E-state index is 0.0277. The van der Waals surface area contributed by atoms with Crippen LogP contribution >= 0.6 is 11.6 Å². The molecular formula is C10H11ClN2O. The number of carbonyl (C=O) groups is 1. The molecule has 0 saturated carbocycles. The van der Waals surface area contributed by atoms with Crippen LogP contribution in [0.3, 0.4) is 0 Å². The summed E-state index contributed by atoms with van der Waals surface area (Å²) in [6, 6.07) is 3.80. The van der Waals surface area contributed by atoms with Gasteiger partial charge in [0.25, 0.3) is 0 Å². The van der Waals surface area contributed by atoms with E-state index in [1.165, 1.54) is 0 Å². The topological polar surface area (TPSA) is 55.1 Å². The van der Waals surface area contributed by atoms with Gasteiger partial charge in [-0.05, 0) is 23.6 Å². The number of benzene rings is 1. The Kier molecular flexibility index (Phi) is 2.44. The SMILES string of the molecule is NCc1cc(Cl)c2c(c1)CCC(=O)N2. The maximum absolute atomic E-state index is 11.1. The van der Waals surface area contributed by atoms with Crippen LogP contribution in [0.5, 0.6) is 0 Å². The highest BCUT2D eigenvalue weighted by molar-refractivity contribution is 6.34. The lowest BCUT2D eigenvalue weighted by molar-refractivity contribution is -0.116. The number of rotatable bonds is 1. The van der Waals surface area contributed by atoms with Gasteiger partial charge in [-0.25, -0.2) is 0 Å². The van der Waals surface area contributed by atoms with E-state index >= 15 is 0 Å². The Morgan fingerprint density at radius 2 is 2.21 bits per heavy atom. The van der Waals surface area contributed by atoms with Gasteiger partial charge in [-0.3, -0.25) is 4.79 Å². The van der Waals surface area contributed by atoms with Gasteiger partial charge in [0.05, 0.1) is 10.7 Å². The molecule has 3 nitrogen and oxygen atoms in total. The fourth-order valence-electron chi connectivity index (χ4n) is 1.63. The van der Waals surface area contributed by atoms with Crippen molar-refractivity contribution in [1.29, 1.82) is 0 Å². The Hall–Kier alpha value is -1.06. The highest BCUT2D eigenvalue weighted by Gasteiger charge is 2.17. The van der Waals surface area contributed by atoms with Crippen LogP contribution in [0.25, 0.3) is 0 Å². The summed E-state index contributed by atoms with van der Waals surface area (Å²) in [5.74, 6) is 0.0277. The lowest BCUT2D eigenvalue weighted by Gasteiger charge is -2.18. The third kappa shape index (κ3) is 1.61. The number of amides is 1. The third-order valence-electron chi connectivity index (χ3n) is 2.35. The van der Waals surface area contributed by atoms with Crippen molar-refractivity contribution in [3.63, 3.8) is 0 Å². The lowest BCUT2D eigenvalue weighted by atomic mass is 10.0. The van der Waals surface area contributed by atoms with E-state index in [0.717, 1.165) is 23.2 Å². The van der Waals surface area contributed by atoms with Gasteiger partial charge in [-0.2, -0.15) is 0 Å². The molecule has 2 rings (SSSR count). The Bertz CT molecular complexity index is 390. The Labute approximate surface area is 87.2 Å². The molecule has 1 aromatic carbocycles. The van der Waals surface area contributed by atoms with Crippen molar-refractivity contribution in [2.24, 2.45) is 5.73 Å². The van der Waals surface area contributed by atoms with Gasteiger partial charge in [-0.1, -0.05) is 17.7 Å². The van der Waals surface area contributed by atoms with E-state index in [1.54, 1.807) is 6.07 Å². The summed E-state index contributed by atoms with van der Waals surface area (Å²) >= 11 is 6.02. The van der Waals surface area contributed by atoms with Crippen LogP contribution in [0.1, 0.15) is 17.5 Å². The number of halogens is 1. The summed E-state index contributed by atoms with van der Waals surface area (Å²) in [6.07, 6.45) is 1.27. The molecule has 1 amide bonds. The second kappa shape index (κ2) is 3.59. The predicted octanol–water partition coefficient (Wildman–Crippen LogP) is 1.68. The van der Waals surface area contributed by atoms with Crippen LogP contribution in [0, 0.1) is 0 Å². The van der Waals surface area contributed by atoms with Gasteiger partial charge in [0, 0.05) is 13.0 Å². The van der Waals surface area contributed by atoms with Crippen LogP contribution in [0.4, 0.5) is 5.69 Å². The number of aryl methyl sites for hydroxylation is 1. The van der Waals surface area contributed by atoms with E-state index < -0.39 is 0 Å². The monoisotopic (exact) mass is 210 g/mol. The van der Waals surface area contributed by atoms with Crippen molar-refractivity contribution in [1.82, 2.24) is 0 Å². The van der Waals surface area contributed by atoms with E-state index in [4.69, 9.17) is 17.3 Å². The maximum Gasteiger partial charge on any atom is 0.224 e. The van der Waals surface area contributed by atoms with Gasteiger partial charge in [0.2, 0.25) is 5.91 Å². The fourth-order valence-corrected chi connectivity index (χ4v) is 1.94. The summed E-state index contributed by atoms with van der Waals surface area (Å²) in [6.45, 7) is 0.473. The molecule has 0 saturated heterocycles. The Morgan fingerprint density at radius 3 is 2.93 bits per heavy atom. The zero-order valence-corrected chi connectivity index (χ0v) is 8.40. The minimum Gasteiger partial charge on any atom is -0.326 e. The van der Waals surface area contributed by atoms with Crippen molar-refractivity contribution in [2.45, 2.75) is 19.4 Å². The second-order valence-electron chi connectivity index (χ2n) is 3.36. The van der Waals surface area contributed by atoms with E-state index in [2.05, 4.69) is 5.32 Å². The standard InChI is InChI=1S/C10H11ClN2O/c11-8-4-6(5-12)3-7-1-2-9(14)13-10(7)8/h3-4H,1-2,5,12H2,(H,13,14). The van der Waals surface area contributed by atoms with Crippen molar-refractivity contribution in [3.8, 4) is 0 Å². The highest BCUT2D eigenvalue weighted by atomic mass is 35.5. The van der Waals surface area contributed by atoms with Crippen molar-refractivity contribution >= 4 is 23.2 Å². The molecule has 74 valence electrons. The molecule has 14 heavy (non-hydrogen) atoms. The molecule has 4 heteroatoms. The molecule has 0 spiro atoms. The fraction of sp³-hybridized carbons (Fsp3) is 0.300. The quantitative estimate of drug-likeness (QED) is 0.741. The average Bonchev–Trinajstić information content (AvgIpc) is 2.19. The summed E-state index contributed by atoms with van der Waals surface area (Å²) in [5, 5.41) is 3.35. The summed E-state index contributed by atoms with van der Waals surface area (Å²) in [7, 11) is 0. The highest BCUT2D eigenvalue weighted by Crippen LogP contribution is 2.31. The molecular weight excluding hydrogens is 200 g/mol. The second-order valence-corrected chi connectivity index (χ2v) is 3.77. The molecule has 0 aromatic heterocycles. The molecule has 0 unspecified atom stereocenters. The number of nitrogens with one attached hydrogen (secondary N) is 1. The molecule has 1 aliphatic heterocycles. The first-order valence-electron chi connectivity index (χ1n) is 4.52. The van der Waals surface area contributed by atoms with E-state index in [0.29, 0.717) is 18.0 Å². The lowest BCUT2D eigenvalue weighted by Crippen LogP contribution is -2.19. The largest absolute Gasteiger partial charge is 0.326 e. The average molecular weight is 211 g/mol. The molecule has 0 bridgehead atoms. The Balaban J connectivity index is 2.48. The summed E-state index contributed by atoms with van der Waals surface area (Å²) < 4.78 is 0. The Morgan fingerprint density at radius 1 is 1.43 bits per heavy atom. The van der Waals surface area contributed by atoms with Crippen LogP contribution in [-0.2, 0) is 17.8 Å². The maximum atomic E-state index is 11.1. The zero-order chi connectivity index (χ0) is 10.1. The first-order valence-corrected chi connectivity index (χ1v) is 4.89. The molecule has 0 radical (unpaired) electrons. The summed E-state index contributed by atoms with van der Waals surface area (Å²) in [4.78, 5) is 11.1. The van der Waals surface area contributed by atoms with Crippen LogP contribution in [-0.4, -0.2) is 5.91 Å². The number of fused-ring (bicyclic) bond motifs is 1. The minimum absolute atomic E-state index is 0.0277. The number of nitrogens with two attached hydrogens (primary N) is 1. The third-order valence-corrected chi connectivity index (χ3v) is 2.65. The molecule has 3 N–H and O–H groups in total. The number of carbonyl (C=O) groups excluding carboxylic acids is 1. The van der Waals surface area contributed by atoms with E-state index in [-0.39, 0.29) is 5.91 Å². The van der Waals surface area contributed by atoms with Gasteiger partial charge < -0.3 is 11.1 Å². The van der Waals surface area contributed by atoms with E-state index in [9.17, 15) is 4.79 Å². The van der Waals surface area contributed by atoms with Crippen molar-refractivity contribution in [2.75, 3.05) is 5.32 Å². The summed E-state index contributed by atoms with van der Waals surface area (Å²) in [5.41, 5.74) is 8.37. The first-order chi connectivity index (χ1) is 6.70. The number of anilines is 1. The van der Waals surface area contributed by atoms with Gasteiger partial charge in [0.1, 0.15) is 0 Å². The van der Waals surface area contributed by atoms with Gasteiger partial charge in [0.15, 0.2) is 0 Å². The normalized spacial score (nSPS) is 14.9. The zero-order valence-electron chi connectivity index (χ0n) is 7.64.